The summed E-state index contributed by atoms with van der Waals surface area (Å²) in [5.41, 5.74) is 1.74. The van der Waals surface area contributed by atoms with Crippen LogP contribution in [0.25, 0.3) is 0 Å². The molecule has 0 saturated carbocycles. The third kappa shape index (κ3) is 6.06. The van der Waals surface area contributed by atoms with E-state index in [4.69, 9.17) is 0 Å². The number of hydrogen-bond acceptors (Lipinski definition) is 3. The van der Waals surface area contributed by atoms with Crippen LogP contribution in [0.3, 0.4) is 0 Å². The Morgan fingerprint density at radius 2 is 1.50 bits per heavy atom. The van der Waals surface area contributed by atoms with Crippen LogP contribution in [0.5, 0.6) is 0 Å². The van der Waals surface area contributed by atoms with Crippen molar-refractivity contribution in [1.29, 1.82) is 0 Å². The van der Waals surface area contributed by atoms with Crippen LogP contribution in [0, 0.1) is 23.7 Å². The molecule has 5 aliphatic rings. The highest BCUT2D eigenvalue weighted by Crippen LogP contribution is 2.45. The maximum absolute atomic E-state index is 13.3. The van der Waals surface area contributed by atoms with Crippen molar-refractivity contribution in [1.82, 2.24) is 9.80 Å². The molecule has 0 amide bonds. The first kappa shape index (κ1) is 24.8. The number of Topliss-reactive ketones (excluding diaryl/α,β-unsaturated/α-hetero) is 1. The van der Waals surface area contributed by atoms with Gasteiger partial charge >= 0.3 is 0 Å². The molecular weight excluding hydrogens is 416 g/mol. The summed E-state index contributed by atoms with van der Waals surface area (Å²) in [5, 5.41) is 0. The SMILES string of the molecule is O=C1CCN2CC[C@H]3C4C=C5CCCCCC[C@@H]1[C@H]2[C@H]3CCCCC/C=C\CCCCN(C5)C4. The molecule has 0 aromatic heterocycles. The molecular formula is C31H50N2O. The van der Waals surface area contributed by atoms with Crippen LogP contribution in [-0.2, 0) is 4.79 Å². The molecule has 4 heterocycles. The molecule has 0 radical (unpaired) electrons. The summed E-state index contributed by atoms with van der Waals surface area (Å²) in [6, 6.07) is 0.534. The van der Waals surface area contributed by atoms with E-state index in [-0.39, 0.29) is 0 Å². The Bertz CT molecular complexity index is 727. The Labute approximate surface area is 209 Å². The molecule has 6 atom stereocenters. The maximum Gasteiger partial charge on any atom is 0.138 e. The van der Waals surface area contributed by atoms with Crippen LogP contribution in [0.4, 0.5) is 0 Å². The number of hydrogen-bond donors (Lipinski definition) is 0. The minimum atomic E-state index is 0.318. The molecule has 2 fully saturated rings. The molecule has 0 spiro atoms. The first-order valence-electron chi connectivity index (χ1n) is 15.1. The van der Waals surface area contributed by atoms with Crippen molar-refractivity contribution in [2.45, 2.75) is 109 Å². The van der Waals surface area contributed by atoms with Crippen molar-refractivity contribution in [3.8, 4) is 0 Å². The third-order valence-electron chi connectivity index (χ3n) is 9.96. The molecule has 190 valence electrons. The largest absolute Gasteiger partial charge is 0.299 e. The van der Waals surface area contributed by atoms with Crippen LogP contribution in [-0.4, -0.2) is 54.3 Å². The standard InChI is InChI=1S/C31H50N2O/c34-30-18-21-33-20-17-27-26-22-25-14-10-7-8-12-16-29(30)31(33)28(27)15-11-6-4-2-1-3-5-9-13-19-32(23-25)24-26/h1,3,22,26-29,31H,2,4-21,23-24H2/b3-1-/t26?,27-,28-,29-,31+/m0/s1. The monoisotopic (exact) mass is 466 g/mol. The first-order chi connectivity index (χ1) is 16.8. The smallest absolute Gasteiger partial charge is 0.138 e. The van der Waals surface area contributed by atoms with Crippen molar-refractivity contribution < 1.29 is 4.79 Å². The van der Waals surface area contributed by atoms with E-state index in [9.17, 15) is 4.79 Å². The van der Waals surface area contributed by atoms with E-state index in [1.54, 1.807) is 5.57 Å². The lowest BCUT2D eigenvalue weighted by Gasteiger charge is -2.53. The van der Waals surface area contributed by atoms with Crippen LogP contribution >= 0.6 is 0 Å². The van der Waals surface area contributed by atoms with Gasteiger partial charge in [-0.25, -0.2) is 0 Å². The summed E-state index contributed by atoms with van der Waals surface area (Å²) in [7, 11) is 0. The molecule has 34 heavy (non-hydrogen) atoms. The number of piperidine rings is 2. The normalized spacial score (nSPS) is 40.0. The highest BCUT2D eigenvalue weighted by molar-refractivity contribution is 5.82. The molecule has 0 aromatic carbocycles. The van der Waals surface area contributed by atoms with Gasteiger partial charge < -0.3 is 0 Å². The predicted molar refractivity (Wildman–Crippen MR) is 142 cm³/mol. The Morgan fingerprint density at radius 1 is 0.706 bits per heavy atom. The molecule has 5 rings (SSSR count). The number of nitrogens with zero attached hydrogens (tertiary/aromatic N) is 2. The molecule has 0 N–H and O–H groups in total. The predicted octanol–water partition coefficient (Wildman–Crippen LogP) is 6.79. The van der Waals surface area contributed by atoms with Crippen molar-refractivity contribution in [3.05, 3.63) is 23.8 Å². The Hall–Kier alpha value is -0.930. The quantitative estimate of drug-likeness (QED) is 0.367. The number of carbonyl (C=O) groups is 1. The summed E-state index contributed by atoms with van der Waals surface area (Å²) in [4.78, 5) is 18.9. The molecule has 2 unspecified atom stereocenters. The number of fused-ring (bicyclic) bond motifs is 1. The van der Waals surface area contributed by atoms with E-state index < -0.39 is 0 Å². The van der Waals surface area contributed by atoms with Crippen molar-refractivity contribution in [2.75, 3.05) is 32.7 Å². The van der Waals surface area contributed by atoms with Gasteiger partial charge in [0, 0.05) is 38.0 Å². The fourth-order valence-corrected chi connectivity index (χ4v) is 8.27. The number of carbonyl (C=O) groups excluding carboxylic acids is 1. The second-order valence-electron chi connectivity index (χ2n) is 12.2. The molecule has 4 aliphatic heterocycles. The van der Waals surface area contributed by atoms with E-state index in [0.29, 0.717) is 23.7 Å². The van der Waals surface area contributed by atoms with Gasteiger partial charge in [-0.3, -0.25) is 14.6 Å². The zero-order valence-electron chi connectivity index (χ0n) is 21.8. The Morgan fingerprint density at radius 3 is 2.41 bits per heavy atom. The molecule has 6 bridgehead atoms. The van der Waals surface area contributed by atoms with Crippen molar-refractivity contribution in [2.24, 2.45) is 23.7 Å². The number of allylic oxidation sites excluding steroid dienone is 2. The van der Waals surface area contributed by atoms with E-state index in [1.165, 1.54) is 116 Å². The summed E-state index contributed by atoms with van der Waals surface area (Å²) < 4.78 is 0. The van der Waals surface area contributed by atoms with Crippen LogP contribution < -0.4 is 0 Å². The first-order valence-corrected chi connectivity index (χ1v) is 15.1. The third-order valence-corrected chi connectivity index (χ3v) is 9.96. The van der Waals surface area contributed by atoms with E-state index in [1.807, 2.05) is 0 Å². The lowest BCUT2D eigenvalue weighted by atomic mass is 9.64. The van der Waals surface area contributed by atoms with Crippen LogP contribution in [0.1, 0.15) is 103 Å². The average Bonchev–Trinajstić information content (AvgIpc) is 2.85. The van der Waals surface area contributed by atoms with Gasteiger partial charge in [0.1, 0.15) is 5.78 Å². The fraction of sp³-hybridized carbons (Fsp3) is 0.839. The highest BCUT2D eigenvalue weighted by Gasteiger charge is 2.48. The second kappa shape index (κ2) is 12.3. The molecule has 3 nitrogen and oxygen atoms in total. The summed E-state index contributed by atoms with van der Waals surface area (Å²) in [6.45, 7) is 6.04. The lowest BCUT2D eigenvalue weighted by molar-refractivity contribution is -0.135. The maximum atomic E-state index is 13.3. The lowest BCUT2D eigenvalue weighted by Crippen LogP contribution is -2.59. The molecule has 2 saturated heterocycles. The van der Waals surface area contributed by atoms with Gasteiger partial charge in [0.15, 0.2) is 0 Å². The van der Waals surface area contributed by atoms with Crippen LogP contribution in [0.2, 0.25) is 0 Å². The van der Waals surface area contributed by atoms with Crippen LogP contribution in [0.15, 0.2) is 23.8 Å². The number of ketones is 1. The average molecular weight is 467 g/mol. The van der Waals surface area contributed by atoms with E-state index in [2.05, 4.69) is 28.0 Å². The second-order valence-corrected chi connectivity index (χ2v) is 12.2. The van der Waals surface area contributed by atoms with Crippen molar-refractivity contribution in [3.63, 3.8) is 0 Å². The highest BCUT2D eigenvalue weighted by atomic mass is 16.1. The molecule has 1 aliphatic carbocycles. The minimum absolute atomic E-state index is 0.318. The number of rotatable bonds is 0. The van der Waals surface area contributed by atoms with Gasteiger partial charge in [-0.2, -0.15) is 0 Å². The van der Waals surface area contributed by atoms with Gasteiger partial charge in [0.05, 0.1) is 0 Å². The Kier molecular flexibility index (Phi) is 8.99. The minimum Gasteiger partial charge on any atom is -0.299 e. The molecule has 3 heteroatoms. The van der Waals surface area contributed by atoms with Crippen molar-refractivity contribution >= 4 is 5.78 Å². The fourth-order valence-electron chi connectivity index (χ4n) is 8.27. The van der Waals surface area contributed by atoms with Gasteiger partial charge in [-0.05, 0) is 95.1 Å². The zero-order valence-corrected chi connectivity index (χ0v) is 21.8. The summed E-state index contributed by atoms with van der Waals surface area (Å²) >= 11 is 0. The topological polar surface area (TPSA) is 23.6 Å². The Balaban J connectivity index is 1.45. The van der Waals surface area contributed by atoms with Gasteiger partial charge in [-0.1, -0.05) is 55.9 Å². The van der Waals surface area contributed by atoms with E-state index in [0.717, 1.165) is 31.2 Å². The van der Waals surface area contributed by atoms with E-state index >= 15 is 0 Å². The van der Waals surface area contributed by atoms with Gasteiger partial charge in [-0.15, -0.1) is 0 Å². The molecule has 0 aromatic rings. The van der Waals surface area contributed by atoms with Gasteiger partial charge in [0.2, 0.25) is 0 Å². The zero-order chi connectivity index (χ0) is 23.2. The summed E-state index contributed by atoms with van der Waals surface area (Å²) in [6.07, 6.45) is 28.2. The van der Waals surface area contributed by atoms with Gasteiger partial charge in [0.25, 0.3) is 0 Å². The summed E-state index contributed by atoms with van der Waals surface area (Å²) in [5.74, 6) is 3.13.